The number of hydrogen-bond donors (Lipinski definition) is 1. The van der Waals surface area contributed by atoms with Gasteiger partial charge in [0.2, 0.25) is 5.91 Å². The minimum Gasteiger partial charge on any atom is -0.370 e. The Labute approximate surface area is 141 Å². The van der Waals surface area contributed by atoms with E-state index in [4.69, 9.17) is 4.74 Å². The van der Waals surface area contributed by atoms with Crippen molar-refractivity contribution >= 4 is 5.91 Å². The third-order valence-electron chi connectivity index (χ3n) is 4.40. The summed E-state index contributed by atoms with van der Waals surface area (Å²) in [5, 5.41) is 15.7. The van der Waals surface area contributed by atoms with Gasteiger partial charge in [-0.1, -0.05) is 13.8 Å². The van der Waals surface area contributed by atoms with Gasteiger partial charge in [-0.2, -0.15) is 5.10 Å². The van der Waals surface area contributed by atoms with E-state index in [1.807, 2.05) is 45.4 Å². The van der Waals surface area contributed by atoms with Crippen LogP contribution in [0.15, 0.2) is 6.07 Å². The zero-order valence-corrected chi connectivity index (χ0v) is 14.8. The molecule has 3 rings (SSSR count). The normalized spacial score (nSPS) is 20.2. The number of nitrogens with zero attached hydrogens (tertiary/aromatic N) is 5. The highest BCUT2D eigenvalue weighted by atomic mass is 16.5. The first kappa shape index (κ1) is 16.6. The summed E-state index contributed by atoms with van der Waals surface area (Å²) >= 11 is 0. The second-order valence-corrected chi connectivity index (χ2v) is 6.81. The molecule has 0 aliphatic carbocycles. The predicted octanol–water partition coefficient (Wildman–Crippen LogP) is 1.01. The number of hydrogen-bond acceptors (Lipinski definition) is 5. The van der Waals surface area contributed by atoms with Crippen molar-refractivity contribution in [1.29, 1.82) is 0 Å². The van der Waals surface area contributed by atoms with E-state index in [0.29, 0.717) is 25.6 Å². The Morgan fingerprint density at radius 2 is 2.21 bits per heavy atom. The van der Waals surface area contributed by atoms with E-state index in [-0.39, 0.29) is 11.8 Å². The van der Waals surface area contributed by atoms with E-state index in [0.717, 1.165) is 17.2 Å². The van der Waals surface area contributed by atoms with Crippen LogP contribution in [0.4, 0.5) is 0 Å². The molecule has 2 aromatic heterocycles. The van der Waals surface area contributed by atoms with Crippen LogP contribution in [0.25, 0.3) is 0 Å². The fraction of sp³-hybridized carbons (Fsp3) is 0.625. The summed E-state index contributed by atoms with van der Waals surface area (Å²) in [7, 11) is 1.87. The van der Waals surface area contributed by atoms with Crippen LogP contribution in [0.1, 0.15) is 49.7 Å². The van der Waals surface area contributed by atoms with Crippen LogP contribution < -0.4 is 5.32 Å². The molecule has 1 atom stereocenters. The number of aryl methyl sites for hydroxylation is 2. The summed E-state index contributed by atoms with van der Waals surface area (Å²) in [5.74, 6) is 1.57. The zero-order chi connectivity index (χ0) is 17.5. The van der Waals surface area contributed by atoms with Gasteiger partial charge in [0, 0.05) is 13.0 Å². The molecule has 0 radical (unpaired) electrons. The monoisotopic (exact) mass is 332 g/mol. The van der Waals surface area contributed by atoms with Crippen LogP contribution >= 0.6 is 0 Å². The third-order valence-corrected chi connectivity index (χ3v) is 4.40. The molecule has 130 valence electrons. The number of nitrogens with one attached hydrogen (secondary N) is 1. The summed E-state index contributed by atoms with van der Waals surface area (Å²) < 4.78 is 9.32. The van der Waals surface area contributed by atoms with Crippen molar-refractivity contribution in [2.45, 2.75) is 52.3 Å². The molecule has 8 nitrogen and oxygen atoms in total. The highest BCUT2D eigenvalue weighted by molar-refractivity contribution is 5.84. The number of rotatable bonds is 4. The Morgan fingerprint density at radius 1 is 1.46 bits per heavy atom. The molecule has 1 N–H and O–H groups in total. The zero-order valence-electron chi connectivity index (χ0n) is 14.8. The molecular weight excluding hydrogens is 308 g/mol. The van der Waals surface area contributed by atoms with Crippen LogP contribution in [-0.2, 0) is 35.3 Å². The van der Waals surface area contributed by atoms with Crippen LogP contribution in [0.3, 0.4) is 0 Å². The van der Waals surface area contributed by atoms with Crippen molar-refractivity contribution in [3.8, 4) is 0 Å². The van der Waals surface area contributed by atoms with Crippen molar-refractivity contribution in [2.24, 2.45) is 7.05 Å². The number of aromatic nitrogens is 5. The van der Waals surface area contributed by atoms with E-state index in [1.165, 1.54) is 0 Å². The Morgan fingerprint density at radius 3 is 2.83 bits per heavy atom. The van der Waals surface area contributed by atoms with Gasteiger partial charge in [-0.25, -0.2) is 0 Å². The minimum absolute atomic E-state index is 0.107. The van der Waals surface area contributed by atoms with Gasteiger partial charge < -0.3 is 10.1 Å². The largest absolute Gasteiger partial charge is 0.370 e. The Kier molecular flexibility index (Phi) is 4.16. The quantitative estimate of drug-likeness (QED) is 0.903. The summed E-state index contributed by atoms with van der Waals surface area (Å²) in [4.78, 5) is 12.9. The van der Waals surface area contributed by atoms with E-state index < -0.39 is 5.54 Å². The Balaban J connectivity index is 1.85. The topological polar surface area (TPSA) is 86.9 Å². The second-order valence-electron chi connectivity index (χ2n) is 6.81. The average molecular weight is 332 g/mol. The van der Waals surface area contributed by atoms with Gasteiger partial charge in [-0.15, -0.1) is 10.2 Å². The van der Waals surface area contributed by atoms with Gasteiger partial charge in [0.25, 0.3) is 0 Å². The van der Waals surface area contributed by atoms with Crippen molar-refractivity contribution in [3.05, 3.63) is 29.1 Å². The van der Waals surface area contributed by atoms with Gasteiger partial charge in [0.1, 0.15) is 18.0 Å². The molecule has 8 heteroatoms. The smallest absolute Gasteiger partial charge is 0.248 e. The minimum atomic E-state index is -0.857. The lowest BCUT2D eigenvalue weighted by Crippen LogP contribution is -2.53. The molecule has 3 heterocycles. The van der Waals surface area contributed by atoms with Crippen LogP contribution in [0.5, 0.6) is 0 Å². The molecule has 0 saturated carbocycles. The van der Waals surface area contributed by atoms with Crippen molar-refractivity contribution in [2.75, 3.05) is 6.61 Å². The number of amides is 1. The molecule has 1 aliphatic rings. The number of carbonyl (C=O) groups is 1. The fourth-order valence-electron chi connectivity index (χ4n) is 3.10. The first-order valence-electron chi connectivity index (χ1n) is 8.13. The van der Waals surface area contributed by atoms with Crippen molar-refractivity contribution in [1.82, 2.24) is 29.9 Å². The second kappa shape index (κ2) is 6.01. The van der Waals surface area contributed by atoms with Gasteiger partial charge in [-0.05, 0) is 19.9 Å². The molecule has 0 fully saturated rings. The molecule has 1 aliphatic heterocycles. The van der Waals surface area contributed by atoms with E-state index in [2.05, 4.69) is 20.6 Å². The summed E-state index contributed by atoms with van der Waals surface area (Å²) in [6.07, 6.45) is 0. The number of carbonyl (C=O) groups excluding carboxylic acids is 1. The van der Waals surface area contributed by atoms with Gasteiger partial charge in [0.15, 0.2) is 5.82 Å². The first-order chi connectivity index (χ1) is 11.3. The lowest BCUT2D eigenvalue weighted by Gasteiger charge is -2.35. The molecule has 1 amide bonds. The highest BCUT2D eigenvalue weighted by Gasteiger charge is 2.42. The van der Waals surface area contributed by atoms with E-state index >= 15 is 0 Å². The maximum Gasteiger partial charge on any atom is 0.248 e. The number of ether oxygens (including phenoxy) is 1. The Hall–Kier alpha value is -2.22. The van der Waals surface area contributed by atoms with Crippen molar-refractivity contribution in [3.63, 3.8) is 0 Å². The molecule has 24 heavy (non-hydrogen) atoms. The predicted molar refractivity (Wildman–Crippen MR) is 87.2 cm³/mol. The lowest BCUT2D eigenvalue weighted by molar-refractivity contribution is -0.135. The summed E-state index contributed by atoms with van der Waals surface area (Å²) in [6.45, 7) is 8.99. The van der Waals surface area contributed by atoms with Gasteiger partial charge >= 0.3 is 0 Å². The maximum atomic E-state index is 12.9. The highest BCUT2D eigenvalue weighted by Crippen LogP contribution is 2.29. The van der Waals surface area contributed by atoms with Gasteiger partial charge in [-0.3, -0.25) is 14.0 Å². The molecule has 0 bridgehead atoms. The lowest BCUT2D eigenvalue weighted by atomic mass is 9.99. The van der Waals surface area contributed by atoms with Crippen LogP contribution in [0.2, 0.25) is 0 Å². The molecule has 2 aromatic rings. The maximum absolute atomic E-state index is 12.9. The molecule has 1 unspecified atom stereocenters. The average Bonchev–Trinajstić information content (AvgIpc) is 3.09. The third kappa shape index (κ3) is 2.71. The van der Waals surface area contributed by atoms with Gasteiger partial charge in [0.05, 0.1) is 24.5 Å². The van der Waals surface area contributed by atoms with E-state index in [1.54, 1.807) is 4.68 Å². The van der Waals surface area contributed by atoms with Crippen molar-refractivity contribution < 1.29 is 9.53 Å². The van der Waals surface area contributed by atoms with Crippen LogP contribution in [-0.4, -0.2) is 37.1 Å². The molecule has 0 spiro atoms. The van der Waals surface area contributed by atoms with Crippen LogP contribution in [0, 0.1) is 6.92 Å². The fourth-order valence-corrected chi connectivity index (χ4v) is 3.10. The Bertz CT molecular complexity index is 763. The molecular formula is C16H24N6O2. The first-order valence-corrected chi connectivity index (χ1v) is 8.13. The van der Waals surface area contributed by atoms with E-state index in [9.17, 15) is 4.79 Å². The molecule has 0 saturated heterocycles. The molecule has 0 aromatic carbocycles. The summed E-state index contributed by atoms with van der Waals surface area (Å²) in [5.41, 5.74) is 1.02. The number of fused-ring (bicyclic) bond motifs is 1. The SMILES string of the molecule is Cc1cc(CNC(=O)C2(C)COCc3nnc(C(C)C)n32)n(C)n1. The summed E-state index contributed by atoms with van der Waals surface area (Å²) in [6, 6.07) is 1.96. The standard InChI is InChI=1S/C16H24N6O2/c1-10(2)14-19-18-13-8-24-9-16(4,22(13)14)15(23)17-7-12-6-11(3)20-21(12)5/h6,10H,7-9H2,1-5H3,(H,17,23).